The molecule has 1 atom stereocenters. The molecule has 188 valence electrons. The van der Waals surface area contributed by atoms with Crippen molar-refractivity contribution in [1.29, 1.82) is 0 Å². The number of methoxy groups -OCH3 is 1. The predicted molar refractivity (Wildman–Crippen MR) is 131 cm³/mol. The van der Waals surface area contributed by atoms with Crippen LogP contribution in [0.4, 0.5) is 0 Å². The van der Waals surface area contributed by atoms with Gasteiger partial charge < -0.3 is 29.8 Å². The summed E-state index contributed by atoms with van der Waals surface area (Å²) >= 11 is 0. The highest BCUT2D eigenvalue weighted by Gasteiger charge is 2.29. The lowest BCUT2D eigenvalue weighted by Gasteiger charge is -2.27. The Labute approximate surface area is 205 Å². The third-order valence-corrected chi connectivity index (χ3v) is 5.86. The molecule has 3 rings (SSSR count). The van der Waals surface area contributed by atoms with Crippen molar-refractivity contribution >= 4 is 11.9 Å². The van der Waals surface area contributed by atoms with E-state index in [1.807, 2.05) is 12.1 Å². The van der Waals surface area contributed by atoms with Crippen molar-refractivity contribution < 1.29 is 33.6 Å². The Morgan fingerprint density at radius 1 is 1.17 bits per heavy atom. The molecule has 2 aromatic carbocycles. The first kappa shape index (κ1) is 25.9. The van der Waals surface area contributed by atoms with Gasteiger partial charge in [-0.25, -0.2) is 4.79 Å². The Bertz CT molecular complexity index is 1080. The lowest BCUT2D eigenvalue weighted by molar-refractivity contribution is -0.149. The van der Waals surface area contributed by atoms with Crippen molar-refractivity contribution in [1.82, 2.24) is 0 Å². The molecule has 0 radical (unpaired) electrons. The van der Waals surface area contributed by atoms with Crippen LogP contribution < -0.4 is 19.9 Å². The highest BCUT2D eigenvalue weighted by molar-refractivity contribution is 5.96. The normalized spacial score (nSPS) is 14.4. The van der Waals surface area contributed by atoms with Gasteiger partial charge in [0.25, 0.3) is 5.91 Å². The van der Waals surface area contributed by atoms with Crippen LogP contribution in [-0.4, -0.2) is 43.4 Å². The van der Waals surface area contributed by atoms with E-state index in [0.717, 1.165) is 41.9 Å². The number of aromatic hydroxyl groups is 1. The van der Waals surface area contributed by atoms with Gasteiger partial charge in [0.1, 0.15) is 23.0 Å². The Kier molecular flexibility index (Phi) is 9.00. The molecule has 8 heteroatoms. The minimum absolute atomic E-state index is 0.0463. The van der Waals surface area contributed by atoms with E-state index < -0.39 is 12.0 Å². The summed E-state index contributed by atoms with van der Waals surface area (Å²) in [6, 6.07) is 7.01. The Morgan fingerprint density at radius 3 is 2.49 bits per heavy atom. The molecule has 0 bridgehead atoms. The second kappa shape index (κ2) is 12.1. The third kappa shape index (κ3) is 6.07. The van der Waals surface area contributed by atoms with Crippen LogP contribution in [0, 0.1) is 0 Å². The minimum Gasteiger partial charge on any atom is -0.507 e. The van der Waals surface area contributed by atoms with Crippen LogP contribution in [0.3, 0.4) is 0 Å². The molecule has 0 spiro atoms. The smallest absolute Gasteiger partial charge is 0.347 e. The zero-order valence-electron chi connectivity index (χ0n) is 20.3. The molecule has 1 heterocycles. The largest absolute Gasteiger partial charge is 0.507 e. The van der Waals surface area contributed by atoms with Crippen LogP contribution in [0.5, 0.6) is 23.0 Å². The van der Waals surface area contributed by atoms with Gasteiger partial charge in [-0.2, -0.15) is 0 Å². The number of nitrogens with two attached hydrogens (primary N) is 1. The zero-order valence-corrected chi connectivity index (χ0v) is 20.3. The van der Waals surface area contributed by atoms with E-state index in [0.29, 0.717) is 43.8 Å². The molecule has 35 heavy (non-hydrogen) atoms. The van der Waals surface area contributed by atoms with Gasteiger partial charge in [0.15, 0.2) is 6.10 Å². The molecule has 0 fully saturated rings. The SMILES string of the molecule is C=CCc1c(OCCCOc2ccc3c(c2CCC)OC(C(=O)OC)CC3)ccc(C(N)=O)c1O. The van der Waals surface area contributed by atoms with Crippen LogP contribution in [0.1, 0.15) is 53.2 Å². The first-order valence-electron chi connectivity index (χ1n) is 11.8. The minimum atomic E-state index is -0.706. The summed E-state index contributed by atoms with van der Waals surface area (Å²) in [5, 5.41) is 10.4. The summed E-state index contributed by atoms with van der Waals surface area (Å²) in [5.74, 6) is 0.660. The van der Waals surface area contributed by atoms with E-state index in [-0.39, 0.29) is 17.3 Å². The number of esters is 1. The monoisotopic (exact) mass is 483 g/mol. The fourth-order valence-electron chi connectivity index (χ4n) is 4.13. The number of amides is 1. The molecule has 1 unspecified atom stereocenters. The number of ether oxygens (including phenoxy) is 4. The molecule has 8 nitrogen and oxygen atoms in total. The number of aryl methyl sites for hydroxylation is 1. The number of benzene rings is 2. The first-order chi connectivity index (χ1) is 16.9. The van der Waals surface area contributed by atoms with Gasteiger partial charge in [-0.15, -0.1) is 6.58 Å². The summed E-state index contributed by atoms with van der Waals surface area (Å²) in [6.45, 7) is 6.51. The number of phenols is 1. The van der Waals surface area contributed by atoms with Crippen LogP contribution in [0.15, 0.2) is 36.9 Å². The van der Waals surface area contributed by atoms with Gasteiger partial charge >= 0.3 is 5.97 Å². The molecule has 2 aromatic rings. The fourth-order valence-corrected chi connectivity index (χ4v) is 4.13. The van der Waals surface area contributed by atoms with Crippen LogP contribution >= 0.6 is 0 Å². The van der Waals surface area contributed by atoms with Crippen molar-refractivity contribution in [3.8, 4) is 23.0 Å². The summed E-state index contributed by atoms with van der Waals surface area (Å²) in [6.07, 6.45) is 4.93. The number of allylic oxidation sites excluding steroid dienone is 1. The molecule has 0 aromatic heterocycles. The van der Waals surface area contributed by atoms with E-state index in [9.17, 15) is 14.7 Å². The molecular formula is C27H33NO7. The zero-order chi connectivity index (χ0) is 25.4. The number of rotatable bonds is 12. The maximum absolute atomic E-state index is 12.0. The number of carbonyl (C=O) groups is 2. The van der Waals surface area contributed by atoms with E-state index in [2.05, 4.69) is 13.5 Å². The van der Waals surface area contributed by atoms with E-state index >= 15 is 0 Å². The molecule has 1 aliphatic rings. The highest BCUT2D eigenvalue weighted by Crippen LogP contribution is 2.38. The molecule has 0 aliphatic carbocycles. The number of primary amides is 1. The quantitative estimate of drug-likeness (QED) is 0.267. The second-order valence-corrected chi connectivity index (χ2v) is 8.29. The Balaban J connectivity index is 1.64. The van der Waals surface area contributed by atoms with E-state index in [1.54, 1.807) is 12.1 Å². The number of carbonyl (C=O) groups excluding carboxylic acids is 2. The lowest BCUT2D eigenvalue weighted by Crippen LogP contribution is -2.32. The Hall–Kier alpha value is -3.68. The fraction of sp³-hybridized carbons (Fsp3) is 0.407. The standard InChI is InChI=1S/C27H33NO7/c1-4-7-18-21(14-11-20(24(18)29)26(28)30)33-15-6-16-34-22-12-9-17-10-13-23(27(31)32-3)35-25(17)19(22)8-5-2/h4,9,11-12,14,23,29H,1,5-8,10,13,15-16H2,2-3H3,(H2,28,30). The van der Waals surface area contributed by atoms with E-state index in [1.165, 1.54) is 13.2 Å². The van der Waals surface area contributed by atoms with Gasteiger partial charge in [-0.3, -0.25) is 4.79 Å². The van der Waals surface area contributed by atoms with Crippen molar-refractivity contribution in [2.24, 2.45) is 5.73 Å². The maximum atomic E-state index is 12.0. The maximum Gasteiger partial charge on any atom is 0.347 e. The van der Waals surface area contributed by atoms with Crippen LogP contribution in [0.25, 0.3) is 0 Å². The lowest BCUT2D eigenvalue weighted by atomic mass is 9.96. The Morgan fingerprint density at radius 2 is 1.86 bits per heavy atom. The molecule has 1 aliphatic heterocycles. The van der Waals surface area contributed by atoms with Crippen molar-refractivity contribution in [3.05, 3.63) is 59.2 Å². The van der Waals surface area contributed by atoms with Crippen molar-refractivity contribution in [2.75, 3.05) is 20.3 Å². The van der Waals surface area contributed by atoms with Crippen molar-refractivity contribution in [3.63, 3.8) is 0 Å². The summed E-state index contributed by atoms with van der Waals surface area (Å²) < 4.78 is 22.8. The summed E-state index contributed by atoms with van der Waals surface area (Å²) in [5.41, 5.74) is 7.86. The van der Waals surface area contributed by atoms with Gasteiger partial charge in [-0.1, -0.05) is 25.5 Å². The molecule has 0 saturated heterocycles. The highest BCUT2D eigenvalue weighted by atomic mass is 16.6. The average molecular weight is 484 g/mol. The summed E-state index contributed by atoms with van der Waals surface area (Å²) in [4.78, 5) is 23.5. The number of hydrogen-bond donors (Lipinski definition) is 2. The number of hydrogen-bond acceptors (Lipinski definition) is 7. The molecule has 1 amide bonds. The summed E-state index contributed by atoms with van der Waals surface area (Å²) in [7, 11) is 1.36. The van der Waals surface area contributed by atoms with Crippen molar-refractivity contribution in [2.45, 2.75) is 51.6 Å². The molecular weight excluding hydrogens is 450 g/mol. The predicted octanol–water partition coefficient (Wildman–Crippen LogP) is 3.89. The average Bonchev–Trinajstić information content (AvgIpc) is 2.85. The number of fused-ring (bicyclic) bond motifs is 1. The van der Waals surface area contributed by atoms with Gasteiger partial charge in [0.05, 0.1) is 25.9 Å². The van der Waals surface area contributed by atoms with Gasteiger partial charge in [0.2, 0.25) is 0 Å². The van der Waals surface area contributed by atoms with Gasteiger partial charge in [-0.05, 0) is 49.4 Å². The van der Waals surface area contributed by atoms with Gasteiger partial charge in [0, 0.05) is 17.5 Å². The molecule has 3 N–H and O–H groups in total. The second-order valence-electron chi connectivity index (χ2n) is 8.29. The van der Waals surface area contributed by atoms with E-state index in [4.69, 9.17) is 24.7 Å². The molecule has 0 saturated carbocycles. The topological polar surface area (TPSA) is 117 Å². The first-order valence-corrected chi connectivity index (χ1v) is 11.8. The van der Waals surface area contributed by atoms with Crippen LogP contribution in [-0.2, 0) is 28.8 Å². The van der Waals surface area contributed by atoms with Crippen LogP contribution in [0.2, 0.25) is 0 Å². The third-order valence-electron chi connectivity index (χ3n) is 5.86.